The molecule has 4 nitrogen and oxygen atoms in total. The predicted octanol–water partition coefficient (Wildman–Crippen LogP) is 1.99. The molecule has 0 aromatic carbocycles. The van der Waals surface area contributed by atoms with Crippen molar-refractivity contribution in [3.8, 4) is 6.07 Å². The molecule has 0 aliphatic heterocycles. The van der Waals surface area contributed by atoms with Gasteiger partial charge >= 0.3 is 0 Å². The van der Waals surface area contributed by atoms with Gasteiger partial charge in [-0.2, -0.15) is 5.26 Å². The molecule has 0 spiro atoms. The Hall–Kier alpha value is -1.12. The van der Waals surface area contributed by atoms with E-state index in [1.165, 1.54) is 0 Å². The van der Waals surface area contributed by atoms with E-state index in [-0.39, 0.29) is 5.54 Å². The minimum Gasteiger partial charge on any atom is -0.302 e. The van der Waals surface area contributed by atoms with Crippen molar-refractivity contribution in [3.63, 3.8) is 0 Å². The Bertz CT molecular complexity index is 403. The van der Waals surface area contributed by atoms with Crippen LogP contribution in [0.15, 0.2) is 23.6 Å². The molecule has 2 unspecified atom stereocenters. The molecule has 1 fully saturated rings. The second kappa shape index (κ2) is 5.48. The van der Waals surface area contributed by atoms with Crippen LogP contribution in [0.4, 0.5) is 0 Å². The molecule has 0 saturated heterocycles. The van der Waals surface area contributed by atoms with Crippen molar-refractivity contribution < 1.29 is 0 Å². The van der Waals surface area contributed by atoms with Crippen LogP contribution in [-0.4, -0.2) is 27.8 Å². The number of hydrogen-bond acceptors (Lipinski definition) is 5. The van der Waals surface area contributed by atoms with E-state index in [1.807, 2.05) is 7.05 Å². The lowest BCUT2D eigenvalue weighted by Gasteiger charge is -2.34. The average Bonchev–Trinajstić information content (AvgIpc) is 2.40. The Morgan fingerprint density at radius 3 is 3.12 bits per heavy atom. The van der Waals surface area contributed by atoms with E-state index in [2.05, 4.69) is 21.4 Å². The van der Waals surface area contributed by atoms with Crippen molar-refractivity contribution in [3.05, 3.63) is 18.6 Å². The number of rotatable bonds is 3. The third-order valence-corrected chi connectivity index (χ3v) is 4.41. The Morgan fingerprint density at radius 1 is 1.59 bits per heavy atom. The van der Waals surface area contributed by atoms with E-state index in [0.29, 0.717) is 5.25 Å². The van der Waals surface area contributed by atoms with E-state index in [4.69, 9.17) is 0 Å². The molecule has 1 aliphatic carbocycles. The van der Waals surface area contributed by atoms with Crippen molar-refractivity contribution in [2.45, 2.75) is 41.5 Å². The van der Waals surface area contributed by atoms with Gasteiger partial charge in [0.05, 0.1) is 12.3 Å². The summed E-state index contributed by atoms with van der Waals surface area (Å²) in [6, 6.07) is 2.42. The fourth-order valence-electron chi connectivity index (χ4n) is 2.23. The maximum atomic E-state index is 9.28. The third-order valence-electron chi connectivity index (χ3n) is 3.23. The molecule has 90 valence electrons. The molecule has 1 aromatic rings. The van der Waals surface area contributed by atoms with Gasteiger partial charge in [-0.25, -0.2) is 4.98 Å². The highest BCUT2D eigenvalue weighted by atomic mass is 32.2. The molecule has 0 amide bonds. The monoisotopic (exact) mass is 248 g/mol. The van der Waals surface area contributed by atoms with Gasteiger partial charge in [-0.3, -0.25) is 4.98 Å². The zero-order valence-electron chi connectivity index (χ0n) is 9.89. The van der Waals surface area contributed by atoms with Crippen molar-refractivity contribution in [1.29, 1.82) is 5.26 Å². The summed E-state index contributed by atoms with van der Waals surface area (Å²) in [6.45, 7) is 0. The average molecular weight is 248 g/mol. The number of nitriles is 1. The second-order valence-corrected chi connectivity index (χ2v) is 5.64. The summed E-state index contributed by atoms with van der Waals surface area (Å²) in [4.78, 5) is 8.33. The molecule has 0 bridgehead atoms. The van der Waals surface area contributed by atoms with E-state index >= 15 is 0 Å². The van der Waals surface area contributed by atoms with Gasteiger partial charge < -0.3 is 5.32 Å². The first-order chi connectivity index (χ1) is 8.28. The number of nitrogens with zero attached hydrogens (tertiary/aromatic N) is 3. The lowest BCUT2D eigenvalue weighted by molar-refractivity contribution is 0.323. The van der Waals surface area contributed by atoms with Gasteiger partial charge in [-0.05, 0) is 32.7 Å². The molecule has 0 radical (unpaired) electrons. The highest BCUT2D eigenvalue weighted by Crippen LogP contribution is 2.36. The highest BCUT2D eigenvalue weighted by Gasteiger charge is 2.35. The number of aromatic nitrogens is 2. The smallest absolute Gasteiger partial charge is 0.115 e. The first-order valence-electron chi connectivity index (χ1n) is 5.81. The summed E-state index contributed by atoms with van der Waals surface area (Å²) >= 11 is 1.73. The molecule has 2 atom stereocenters. The molecule has 2 rings (SSSR count). The van der Waals surface area contributed by atoms with Gasteiger partial charge in [0, 0.05) is 17.6 Å². The van der Waals surface area contributed by atoms with Crippen LogP contribution in [0, 0.1) is 11.3 Å². The van der Waals surface area contributed by atoms with Crippen LogP contribution in [0.2, 0.25) is 0 Å². The van der Waals surface area contributed by atoms with Crippen LogP contribution >= 0.6 is 11.8 Å². The van der Waals surface area contributed by atoms with Gasteiger partial charge in [-0.15, -0.1) is 11.8 Å². The van der Waals surface area contributed by atoms with Gasteiger partial charge in [0.15, 0.2) is 0 Å². The summed E-state index contributed by atoms with van der Waals surface area (Å²) < 4.78 is 0. The quantitative estimate of drug-likeness (QED) is 0.886. The highest BCUT2D eigenvalue weighted by molar-refractivity contribution is 7.99. The molecule has 1 saturated carbocycles. The molecular formula is C12H16N4S. The van der Waals surface area contributed by atoms with Crippen molar-refractivity contribution >= 4 is 11.8 Å². The largest absolute Gasteiger partial charge is 0.302 e. The van der Waals surface area contributed by atoms with Crippen LogP contribution in [0.25, 0.3) is 0 Å². The van der Waals surface area contributed by atoms with Crippen LogP contribution in [0.1, 0.15) is 25.7 Å². The van der Waals surface area contributed by atoms with Crippen LogP contribution in [-0.2, 0) is 0 Å². The molecule has 1 aromatic heterocycles. The van der Waals surface area contributed by atoms with Crippen molar-refractivity contribution in [2.75, 3.05) is 7.05 Å². The van der Waals surface area contributed by atoms with Gasteiger partial charge in [0.1, 0.15) is 10.6 Å². The zero-order chi connectivity index (χ0) is 12.1. The molecule has 17 heavy (non-hydrogen) atoms. The lowest BCUT2D eigenvalue weighted by atomic mass is 9.83. The normalized spacial score (nSPS) is 28.6. The molecule has 5 heteroatoms. The van der Waals surface area contributed by atoms with Gasteiger partial charge in [-0.1, -0.05) is 0 Å². The minimum atomic E-state index is -0.349. The van der Waals surface area contributed by atoms with Crippen LogP contribution < -0.4 is 5.32 Å². The summed E-state index contributed by atoms with van der Waals surface area (Å²) in [5.41, 5.74) is -0.349. The Labute approximate surface area is 106 Å². The second-order valence-electron chi connectivity index (χ2n) is 4.32. The Balaban J connectivity index is 2.01. The molecule has 1 heterocycles. The fraction of sp³-hybridized carbons (Fsp3) is 0.583. The topological polar surface area (TPSA) is 61.6 Å². The first kappa shape index (κ1) is 12.3. The Morgan fingerprint density at radius 2 is 2.47 bits per heavy atom. The first-order valence-corrected chi connectivity index (χ1v) is 6.69. The van der Waals surface area contributed by atoms with Gasteiger partial charge in [0.25, 0.3) is 0 Å². The maximum Gasteiger partial charge on any atom is 0.115 e. The predicted molar refractivity (Wildman–Crippen MR) is 67.5 cm³/mol. The summed E-state index contributed by atoms with van der Waals surface area (Å²) in [5, 5.41) is 13.8. The van der Waals surface area contributed by atoms with Crippen molar-refractivity contribution in [1.82, 2.24) is 15.3 Å². The number of hydrogen-bond donors (Lipinski definition) is 1. The molecule has 1 aliphatic rings. The summed E-state index contributed by atoms with van der Waals surface area (Å²) in [6.07, 6.45) is 9.23. The minimum absolute atomic E-state index is 0.349. The van der Waals surface area contributed by atoms with E-state index in [9.17, 15) is 5.26 Å². The SMILES string of the molecule is CNC1(C#N)CCCC(Sc2cnccn2)C1. The van der Waals surface area contributed by atoms with E-state index < -0.39 is 0 Å². The van der Waals surface area contributed by atoms with Crippen LogP contribution in [0.5, 0.6) is 0 Å². The molecule has 1 N–H and O–H groups in total. The Kier molecular flexibility index (Phi) is 3.97. The number of thioether (sulfide) groups is 1. The molecular weight excluding hydrogens is 232 g/mol. The zero-order valence-corrected chi connectivity index (χ0v) is 10.7. The standard InChI is InChI=1S/C12H16N4S/c1-14-12(9-13)4-2-3-10(7-12)17-11-8-15-5-6-16-11/h5-6,8,10,14H,2-4,7H2,1H3. The van der Waals surface area contributed by atoms with Crippen molar-refractivity contribution in [2.24, 2.45) is 0 Å². The van der Waals surface area contributed by atoms with Gasteiger partial charge in [0.2, 0.25) is 0 Å². The summed E-state index contributed by atoms with van der Waals surface area (Å²) in [7, 11) is 1.87. The maximum absolute atomic E-state index is 9.28. The van der Waals surface area contributed by atoms with E-state index in [0.717, 1.165) is 30.7 Å². The number of nitrogens with one attached hydrogen (secondary N) is 1. The summed E-state index contributed by atoms with van der Waals surface area (Å²) in [5.74, 6) is 0. The van der Waals surface area contributed by atoms with E-state index in [1.54, 1.807) is 30.4 Å². The van der Waals surface area contributed by atoms with Crippen LogP contribution in [0.3, 0.4) is 0 Å². The third kappa shape index (κ3) is 2.96. The fourth-order valence-corrected chi connectivity index (χ4v) is 3.46. The lowest BCUT2D eigenvalue weighted by Crippen LogP contribution is -2.46.